The van der Waals surface area contributed by atoms with Crippen molar-refractivity contribution in [3.05, 3.63) is 12.2 Å². The number of allylic oxidation sites excluding steroid dienone is 1. The lowest BCUT2D eigenvalue weighted by Crippen LogP contribution is -1.91. The molecule has 0 amide bonds. The number of aliphatic imine (C=N–C) groups is 1. The van der Waals surface area contributed by atoms with E-state index < -0.39 is 0 Å². The van der Waals surface area contributed by atoms with Crippen LogP contribution in [0.1, 0.15) is 19.3 Å². The first kappa shape index (κ1) is 7.48. The average molecular weight is 139 g/mol. The minimum absolute atomic E-state index is 0.303. The first-order valence-electron chi connectivity index (χ1n) is 3.74. The van der Waals surface area contributed by atoms with Gasteiger partial charge in [0.15, 0.2) is 0 Å². The maximum Gasteiger partial charge on any atom is 0.0577 e. The fourth-order valence-corrected chi connectivity index (χ4v) is 0.992. The molecule has 0 aromatic heterocycles. The van der Waals surface area contributed by atoms with E-state index in [1.807, 2.05) is 0 Å². The minimum Gasteiger partial charge on any atom is -0.396 e. The summed E-state index contributed by atoms with van der Waals surface area (Å²) in [5.74, 6) is 0. The van der Waals surface area contributed by atoms with E-state index in [9.17, 15) is 0 Å². The van der Waals surface area contributed by atoms with Crippen molar-refractivity contribution in [2.75, 3.05) is 13.2 Å². The summed E-state index contributed by atoms with van der Waals surface area (Å²) in [7, 11) is 0. The third-order valence-corrected chi connectivity index (χ3v) is 1.55. The predicted molar refractivity (Wildman–Crippen MR) is 42.4 cm³/mol. The molecule has 1 aliphatic heterocycles. The second kappa shape index (κ2) is 4.23. The zero-order chi connectivity index (χ0) is 7.23. The highest BCUT2D eigenvalue weighted by molar-refractivity contribution is 5.96. The van der Waals surface area contributed by atoms with Crippen LogP contribution in [-0.2, 0) is 0 Å². The van der Waals surface area contributed by atoms with E-state index in [0.717, 1.165) is 25.8 Å². The molecular weight excluding hydrogens is 126 g/mol. The summed E-state index contributed by atoms with van der Waals surface area (Å²) in [5.41, 5.74) is 1.19. The molecule has 1 aliphatic rings. The van der Waals surface area contributed by atoms with Crippen molar-refractivity contribution < 1.29 is 5.11 Å². The van der Waals surface area contributed by atoms with Gasteiger partial charge >= 0.3 is 0 Å². The second-order valence-electron chi connectivity index (χ2n) is 2.42. The Morgan fingerprint density at radius 1 is 1.50 bits per heavy atom. The molecule has 0 unspecified atom stereocenters. The van der Waals surface area contributed by atoms with Crippen LogP contribution in [0.4, 0.5) is 0 Å². The van der Waals surface area contributed by atoms with Gasteiger partial charge in [-0.1, -0.05) is 6.08 Å². The van der Waals surface area contributed by atoms with Crippen LogP contribution < -0.4 is 0 Å². The molecule has 0 aliphatic carbocycles. The molecule has 0 atom stereocenters. The zero-order valence-electron chi connectivity index (χ0n) is 6.08. The quantitative estimate of drug-likeness (QED) is 0.582. The van der Waals surface area contributed by atoms with Crippen molar-refractivity contribution in [1.82, 2.24) is 0 Å². The molecule has 0 radical (unpaired) electrons. The van der Waals surface area contributed by atoms with Crippen LogP contribution in [0.2, 0.25) is 0 Å². The van der Waals surface area contributed by atoms with E-state index in [-0.39, 0.29) is 0 Å². The molecule has 0 bridgehead atoms. The summed E-state index contributed by atoms with van der Waals surface area (Å²) in [5, 5.41) is 8.48. The van der Waals surface area contributed by atoms with Crippen molar-refractivity contribution in [2.45, 2.75) is 19.3 Å². The Morgan fingerprint density at radius 3 is 3.00 bits per heavy atom. The molecule has 2 heteroatoms. The van der Waals surface area contributed by atoms with E-state index in [1.165, 1.54) is 5.71 Å². The number of aliphatic hydroxyl groups is 1. The second-order valence-corrected chi connectivity index (χ2v) is 2.42. The van der Waals surface area contributed by atoms with E-state index >= 15 is 0 Å². The molecule has 0 saturated carbocycles. The third-order valence-electron chi connectivity index (χ3n) is 1.55. The van der Waals surface area contributed by atoms with Crippen LogP contribution in [0, 0.1) is 0 Å². The fourth-order valence-electron chi connectivity index (χ4n) is 0.992. The first-order valence-corrected chi connectivity index (χ1v) is 3.74. The number of nitrogens with zero attached hydrogens (tertiary/aromatic N) is 1. The van der Waals surface area contributed by atoms with E-state index in [1.54, 1.807) is 0 Å². The number of unbranched alkanes of at least 4 members (excludes halogenated alkanes) is 1. The summed E-state index contributed by atoms with van der Waals surface area (Å²) in [6.07, 6.45) is 7.11. The molecule has 1 heterocycles. The van der Waals surface area contributed by atoms with Gasteiger partial charge in [0.25, 0.3) is 0 Å². The summed E-state index contributed by atoms with van der Waals surface area (Å²) in [4.78, 5) is 4.23. The van der Waals surface area contributed by atoms with Gasteiger partial charge in [0.1, 0.15) is 0 Å². The molecule has 0 fully saturated rings. The molecule has 0 spiro atoms. The Balaban J connectivity index is 2.08. The van der Waals surface area contributed by atoms with Crippen LogP contribution in [0.25, 0.3) is 0 Å². The molecule has 2 nitrogen and oxygen atoms in total. The standard InChI is InChI=1S/C8H13NO/c10-7-2-1-4-8-5-3-6-9-8/h3,5,10H,1-2,4,6-7H2. The summed E-state index contributed by atoms with van der Waals surface area (Å²) in [6.45, 7) is 1.16. The maximum atomic E-state index is 8.48. The Bertz CT molecular complexity index is 149. The van der Waals surface area contributed by atoms with E-state index in [2.05, 4.69) is 17.1 Å². The Morgan fingerprint density at radius 2 is 2.40 bits per heavy atom. The molecule has 56 valence electrons. The molecule has 0 aromatic rings. The van der Waals surface area contributed by atoms with Crippen molar-refractivity contribution in [2.24, 2.45) is 4.99 Å². The SMILES string of the molecule is OCCCCC1=NCC=C1. The van der Waals surface area contributed by atoms with Crippen LogP contribution in [-0.4, -0.2) is 24.0 Å². The Labute approximate surface area is 61.3 Å². The van der Waals surface area contributed by atoms with Crippen LogP contribution in [0.5, 0.6) is 0 Å². The monoisotopic (exact) mass is 139 g/mol. The molecule has 0 aromatic carbocycles. The van der Waals surface area contributed by atoms with Gasteiger partial charge in [0.05, 0.1) is 6.54 Å². The van der Waals surface area contributed by atoms with Gasteiger partial charge < -0.3 is 5.11 Å². The highest BCUT2D eigenvalue weighted by Gasteiger charge is 1.97. The predicted octanol–water partition coefficient (Wildman–Crippen LogP) is 1.16. The molecule has 0 saturated heterocycles. The number of hydrogen-bond donors (Lipinski definition) is 1. The fraction of sp³-hybridized carbons (Fsp3) is 0.625. The topological polar surface area (TPSA) is 32.6 Å². The lowest BCUT2D eigenvalue weighted by atomic mass is 10.2. The molecular formula is C8H13NO. The zero-order valence-corrected chi connectivity index (χ0v) is 6.08. The smallest absolute Gasteiger partial charge is 0.0577 e. The van der Waals surface area contributed by atoms with Crippen molar-refractivity contribution in [3.8, 4) is 0 Å². The number of hydrogen-bond acceptors (Lipinski definition) is 2. The average Bonchev–Trinajstić information content (AvgIpc) is 2.41. The Hall–Kier alpha value is -0.630. The summed E-state index contributed by atoms with van der Waals surface area (Å²) < 4.78 is 0. The molecule has 1 rings (SSSR count). The van der Waals surface area contributed by atoms with Gasteiger partial charge in [0.2, 0.25) is 0 Å². The largest absolute Gasteiger partial charge is 0.396 e. The van der Waals surface area contributed by atoms with Gasteiger partial charge in [-0.2, -0.15) is 0 Å². The number of aliphatic hydroxyl groups excluding tert-OH is 1. The van der Waals surface area contributed by atoms with Gasteiger partial charge in [-0.3, -0.25) is 4.99 Å². The van der Waals surface area contributed by atoms with Crippen LogP contribution in [0.3, 0.4) is 0 Å². The minimum atomic E-state index is 0.303. The van der Waals surface area contributed by atoms with Crippen molar-refractivity contribution in [1.29, 1.82) is 0 Å². The van der Waals surface area contributed by atoms with Crippen molar-refractivity contribution >= 4 is 5.71 Å². The molecule has 1 N–H and O–H groups in total. The molecule has 10 heavy (non-hydrogen) atoms. The first-order chi connectivity index (χ1) is 4.93. The lowest BCUT2D eigenvalue weighted by Gasteiger charge is -1.95. The van der Waals surface area contributed by atoms with Crippen LogP contribution in [0.15, 0.2) is 17.1 Å². The normalized spacial score (nSPS) is 15.9. The number of rotatable bonds is 4. The highest BCUT2D eigenvalue weighted by Crippen LogP contribution is 2.02. The lowest BCUT2D eigenvalue weighted by molar-refractivity contribution is 0.285. The summed E-state index contributed by atoms with van der Waals surface area (Å²) in [6, 6.07) is 0. The van der Waals surface area contributed by atoms with Gasteiger partial charge in [-0.15, -0.1) is 0 Å². The maximum absolute atomic E-state index is 8.48. The van der Waals surface area contributed by atoms with E-state index in [4.69, 9.17) is 5.11 Å². The van der Waals surface area contributed by atoms with Crippen LogP contribution >= 0.6 is 0 Å². The highest BCUT2D eigenvalue weighted by atomic mass is 16.2. The van der Waals surface area contributed by atoms with Crippen molar-refractivity contribution in [3.63, 3.8) is 0 Å². The van der Waals surface area contributed by atoms with Gasteiger partial charge in [0, 0.05) is 12.3 Å². The van der Waals surface area contributed by atoms with Gasteiger partial charge in [-0.25, -0.2) is 0 Å². The summed E-state index contributed by atoms with van der Waals surface area (Å²) >= 11 is 0. The Kier molecular flexibility index (Phi) is 3.16. The third kappa shape index (κ3) is 2.31. The van der Waals surface area contributed by atoms with E-state index in [0.29, 0.717) is 6.61 Å². The van der Waals surface area contributed by atoms with Gasteiger partial charge in [-0.05, 0) is 25.3 Å².